The zero-order valence-electron chi connectivity index (χ0n) is 20.9. The number of Topliss-reactive ketones (excluding diaryl/α,β-unsaturated/α-hetero) is 1. The Bertz CT molecular complexity index is 1260. The summed E-state index contributed by atoms with van der Waals surface area (Å²) in [5.41, 5.74) is 5.87. The molecule has 2 aromatic carbocycles. The summed E-state index contributed by atoms with van der Waals surface area (Å²) in [5, 5.41) is 10.9. The number of carbonyl (C=O) groups is 2. The highest BCUT2D eigenvalue weighted by atomic mass is 16.5. The third-order valence-corrected chi connectivity index (χ3v) is 6.53. The van der Waals surface area contributed by atoms with Gasteiger partial charge in [0.1, 0.15) is 24.2 Å². The summed E-state index contributed by atoms with van der Waals surface area (Å²) in [4.78, 5) is 29.9. The molecule has 0 saturated carbocycles. The summed E-state index contributed by atoms with van der Waals surface area (Å²) < 4.78 is 5.41. The predicted molar refractivity (Wildman–Crippen MR) is 142 cm³/mol. The molecule has 0 aliphatic carbocycles. The molecule has 186 valence electrons. The molecule has 6 nitrogen and oxygen atoms in total. The van der Waals surface area contributed by atoms with E-state index in [0.29, 0.717) is 24.4 Å². The highest BCUT2D eigenvalue weighted by Crippen LogP contribution is 2.35. The van der Waals surface area contributed by atoms with Crippen LogP contribution in [0.2, 0.25) is 0 Å². The molecular weight excluding hydrogens is 452 g/mol. The van der Waals surface area contributed by atoms with E-state index in [1.165, 1.54) is 29.9 Å². The first-order chi connectivity index (χ1) is 17.5. The quantitative estimate of drug-likeness (QED) is 0.201. The predicted octanol–water partition coefficient (Wildman–Crippen LogP) is 4.52. The number of aromatic hydroxyl groups is 1. The number of hydrogen-bond acceptors (Lipinski definition) is 5. The van der Waals surface area contributed by atoms with E-state index in [9.17, 15) is 14.7 Å². The van der Waals surface area contributed by atoms with Crippen LogP contribution in [0, 0.1) is 0 Å². The Balaban J connectivity index is 1.50. The number of carbonyl (C=O) groups excluding carboxylic acids is 2. The zero-order valence-corrected chi connectivity index (χ0v) is 20.9. The first-order valence-electron chi connectivity index (χ1n) is 12.5. The standard InChI is InChI=1S/C30H32N2O4/c1-3-4-6-11-24(33)17-25(34)13-12-22-15-28(30(35)29(16-22)36-2)32-19-26-23(18-31-27(26)20-32)14-21-9-7-5-8-10-21/h5,7-10,12-13,15-16,18,20,35H,3-4,6,11,14,17,19H2,1-2H3/p+1. The Morgan fingerprint density at radius 2 is 1.97 bits per heavy atom. The number of hydrogen-bond donors (Lipinski definition) is 2. The van der Waals surface area contributed by atoms with Gasteiger partial charge in [0.25, 0.3) is 0 Å². The van der Waals surface area contributed by atoms with Gasteiger partial charge < -0.3 is 9.84 Å². The second kappa shape index (κ2) is 11.8. The Kier molecular flexibility index (Phi) is 8.28. The zero-order chi connectivity index (χ0) is 25.5. The molecule has 2 aliphatic rings. The van der Waals surface area contributed by atoms with Gasteiger partial charge in [-0.3, -0.25) is 19.5 Å². The fraction of sp³-hybridized carbons (Fsp3) is 0.300. The fourth-order valence-electron chi connectivity index (χ4n) is 4.57. The van der Waals surface area contributed by atoms with Crippen LogP contribution in [0.3, 0.4) is 0 Å². The number of allylic oxidation sites excluding steroid dienone is 2. The number of fused-ring (bicyclic) bond motifs is 1. The Hall–Kier alpha value is -3.77. The number of nitrogens with one attached hydrogen (secondary N) is 1. The van der Waals surface area contributed by atoms with Crippen molar-refractivity contribution in [2.45, 2.75) is 45.4 Å². The number of phenols is 1. The molecule has 0 amide bonds. The maximum atomic E-state index is 12.3. The number of quaternary nitrogens is 1. The van der Waals surface area contributed by atoms with Crippen LogP contribution in [0.4, 0.5) is 5.69 Å². The number of rotatable bonds is 12. The lowest BCUT2D eigenvalue weighted by molar-refractivity contribution is -0.764. The molecule has 2 aromatic rings. The number of unbranched alkanes of at least 4 members (excludes halogenated alkanes) is 2. The summed E-state index contributed by atoms with van der Waals surface area (Å²) in [6.45, 7) is 2.74. The van der Waals surface area contributed by atoms with Gasteiger partial charge in [0.2, 0.25) is 5.75 Å². The van der Waals surface area contributed by atoms with Crippen LogP contribution in [0.5, 0.6) is 11.5 Å². The van der Waals surface area contributed by atoms with Crippen molar-refractivity contribution in [2.75, 3.05) is 13.7 Å². The van der Waals surface area contributed by atoms with Crippen molar-refractivity contribution in [1.29, 1.82) is 0 Å². The van der Waals surface area contributed by atoms with Gasteiger partial charge in [-0.25, -0.2) is 0 Å². The van der Waals surface area contributed by atoms with Gasteiger partial charge in [0.15, 0.2) is 17.2 Å². The molecule has 0 aromatic heterocycles. The molecule has 4 rings (SSSR count). The molecule has 0 saturated heterocycles. The van der Waals surface area contributed by atoms with Gasteiger partial charge >= 0.3 is 0 Å². The van der Waals surface area contributed by atoms with E-state index >= 15 is 0 Å². The van der Waals surface area contributed by atoms with Gasteiger partial charge in [-0.2, -0.15) is 0 Å². The lowest BCUT2D eigenvalue weighted by Crippen LogP contribution is -3.01. The van der Waals surface area contributed by atoms with Crippen molar-refractivity contribution in [1.82, 2.24) is 0 Å². The molecule has 1 atom stereocenters. The van der Waals surface area contributed by atoms with Gasteiger partial charge in [-0.05, 0) is 41.7 Å². The molecule has 36 heavy (non-hydrogen) atoms. The van der Waals surface area contributed by atoms with Crippen molar-refractivity contribution in [3.8, 4) is 11.5 Å². The molecule has 0 spiro atoms. The van der Waals surface area contributed by atoms with Crippen molar-refractivity contribution >= 4 is 29.5 Å². The molecular formula is C30H33N2O4+. The van der Waals surface area contributed by atoms with Crippen LogP contribution < -0.4 is 9.64 Å². The van der Waals surface area contributed by atoms with E-state index < -0.39 is 0 Å². The molecule has 6 heteroatoms. The average molecular weight is 486 g/mol. The summed E-state index contributed by atoms with van der Waals surface area (Å²) in [6, 6.07) is 13.8. The third kappa shape index (κ3) is 6.07. The second-order valence-electron chi connectivity index (χ2n) is 9.25. The van der Waals surface area contributed by atoms with E-state index in [1.54, 1.807) is 12.1 Å². The number of aliphatic imine (C=N–C) groups is 1. The summed E-state index contributed by atoms with van der Waals surface area (Å²) >= 11 is 0. The smallest absolute Gasteiger partial charge is 0.220 e. The van der Waals surface area contributed by atoms with Crippen LogP contribution in [0.25, 0.3) is 6.08 Å². The van der Waals surface area contributed by atoms with E-state index in [0.717, 1.165) is 41.8 Å². The monoisotopic (exact) mass is 485 g/mol. The number of phenolic OH excluding ortho intramolecular Hbond substituents is 1. The minimum absolute atomic E-state index is 0.0260. The lowest BCUT2D eigenvalue weighted by Gasteiger charge is -2.15. The first kappa shape index (κ1) is 25.3. The van der Waals surface area contributed by atoms with E-state index in [4.69, 9.17) is 4.74 Å². The number of ketones is 2. The number of benzene rings is 2. The van der Waals surface area contributed by atoms with Crippen molar-refractivity contribution in [3.63, 3.8) is 0 Å². The van der Waals surface area contributed by atoms with Gasteiger partial charge in [-0.15, -0.1) is 0 Å². The highest BCUT2D eigenvalue weighted by molar-refractivity contribution is 6.06. The second-order valence-corrected chi connectivity index (χ2v) is 9.25. The van der Waals surface area contributed by atoms with E-state index in [2.05, 4.69) is 24.0 Å². The van der Waals surface area contributed by atoms with Gasteiger partial charge in [-0.1, -0.05) is 56.2 Å². The summed E-state index contributed by atoms with van der Waals surface area (Å²) in [6.07, 6.45) is 11.1. The maximum absolute atomic E-state index is 12.3. The number of methoxy groups -OCH3 is 1. The van der Waals surface area contributed by atoms with Crippen LogP contribution in [0.15, 0.2) is 76.6 Å². The Labute approximate surface area is 212 Å². The Morgan fingerprint density at radius 3 is 2.72 bits per heavy atom. The number of nitrogens with zero attached hydrogens (tertiary/aromatic N) is 1. The largest absolute Gasteiger partial charge is 0.500 e. The summed E-state index contributed by atoms with van der Waals surface area (Å²) in [5.74, 6) is 0.149. The third-order valence-electron chi connectivity index (χ3n) is 6.53. The first-order valence-corrected chi connectivity index (χ1v) is 12.5. The van der Waals surface area contributed by atoms with Gasteiger partial charge in [0, 0.05) is 24.3 Å². The van der Waals surface area contributed by atoms with Crippen molar-refractivity contribution in [2.24, 2.45) is 4.99 Å². The SMILES string of the molecule is CCCCCC(=O)CC(=O)C=Cc1cc(OC)c(O)c([NH+]2C=C3N=CC(Cc4ccccc4)=C3C2)c1. The maximum Gasteiger partial charge on any atom is 0.220 e. The molecule has 2 aliphatic heterocycles. The topological polar surface area (TPSA) is 80.4 Å². The molecule has 1 unspecified atom stereocenters. The van der Waals surface area contributed by atoms with Gasteiger partial charge in [0.05, 0.1) is 13.5 Å². The van der Waals surface area contributed by atoms with Crippen LogP contribution >= 0.6 is 0 Å². The average Bonchev–Trinajstić information content (AvgIpc) is 3.46. The molecule has 2 N–H and O–H groups in total. The van der Waals surface area contributed by atoms with Crippen molar-refractivity contribution in [3.05, 3.63) is 82.7 Å². The normalized spacial score (nSPS) is 16.5. The molecule has 2 heterocycles. The van der Waals surface area contributed by atoms with E-state index in [1.807, 2.05) is 36.7 Å². The minimum Gasteiger partial charge on any atom is -0.500 e. The minimum atomic E-state index is -0.222. The Morgan fingerprint density at radius 1 is 1.17 bits per heavy atom. The fourth-order valence-corrected chi connectivity index (χ4v) is 4.57. The van der Waals surface area contributed by atoms with Crippen molar-refractivity contribution < 1.29 is 24.3 Å². The van der Waals surface area contributed by atoms with Crippen LogP contribution in [-0.2, 0) is 16.0 Å². The lowest BCUT2D eigenvalue weighted by atomic mass is 10.0. The molecule has 0 fully saturated rings. The van der Waals surface area contributed by atoms with Crippen LogP contribution in [-0.4, -0.2) is 36.5 Å². The number of ether oxygens (including phenoxy) is 1. The summed E-state index contributed by atoms with van der Waals surface area (Å²) in [7, 11) is 1.50. The molecule has 0 radical (unpaired) electrons. The van der Waals surface area contributed by atoms with Crippen LogP contribution in [0.1, 0.15) is 50.2 Å². The molecule has 0 bridgehead atoms. The van der Waals surface area contributed by atoms with E-state index in [-0.39, 0.29) is 23.7 Å². The highest BCUT2D eigenvalue weighted by Gasteiger charge is 2.32.